The highest BCUT2D eigenvalue weighted by atomic mass is 19.1. The molecule has 0 bridgehead atoms. The van der Waals surface area contributed by atoms with E-state index < -0.39 is 0 Å². The van der Waals surface area contributed by atoms with E-state index in [0.29, 0.717) is 5.69 Å². The van der Waals surface area contributed by atoms with Crippen LogP contribution < -0.4 is 0 Å². The van der Waals surface area contributed by atoms with Crippen molar-refractivity contribution in [3.63, 3.8) is 0 Å². The van der Waals surface area contributed by atoms with Crippen molar-refractivity contribution in [1.82, 2.24) is 15.0 Å². The van der Waals surface area contributed by atoms with E-state index in [4.69, 9.17) is 4.74 Å². The molecule has 0 aliphatic heterocycles. The Morgan fingerprint density at radius 3 is 2.85 bits per heavy atom. The quantitative estimate of drug-likeness (QED) is 0.798. The molecule has 0 unspecified atom stereocenters. The standard InChI is InChI=1S/C14H14FN3O2/c1-18-7-11(16-17-18)8-20-14(19)13-6-12(13)9-2-4-10(15)5-3-9/h2-5,7,12-13H,6,8H2,1H3/t12-,13+/m0/s1. The van der Waals surface area contributed by atoms with Gasteiger partial charge in [0.25, 0.3) is 0 Å². The van der Waals surface area contributed by atoms with Crippen LogP contribution in [0, 0.1) is 11.7 Å². The zero-order valence-electron chi connectivity index (χ0n) is 11.0. The summed E-state index contributed by atoms with van der Waals surface area (Å²) >= 11 is 0. The van der Waals surface area contributed by atoms with Crippen molar-refractivity contribution in [1.29, 1.82) is 0 Å². The topological polar surface area (TPSA) is 57.0 Å². The molecule has 1 saturated carbocycles. The molecule has 1 aromatic heterocycles. The molecule has 0 amide bonds. The zero-order valence-corrected chi connectivity index (χ0v) is 11.0. The Labute approximate surface area is 115 Å². The Morgan fingerprint density at radius 2 is 2.20 bits per heavy atom. The molecule has 1 aromatic carbocycles. The first-order chi connectivity index (χ1) is 9.63. The second-order valence-electron chi connectivity index (χ2n) is 4.99. The van der Waals surface area contributed by atoms with Crippen LogP contribution in [0.1, 0.15) is 23.6 Å². The summed E-state index contributed by atoms with van der Waals surface area (Å²) in [4.78, 5) is 11.9. The third-order valence-electron chi connectivity index (χ3n) is 3.40. The van der Waals surface area contributed by atoms with E-state index in [9.17, 15) is 9.18 Å². The summed E-state index contributed by atoms with van der Waals surface area (Å²) in [6, 6.07) is 6.26. The highest BCUT2D eigenvalue weighted by molar-refractivity contribution is 5.77. The van der Waals surface area contributed by atoms with Crippen LogP contribution in [0.4, 0.5) is 4.39 Å². The number of hydrogen-bond donors (Lipinski definition) is 0. The fraction of sp³-hybridized carbons (Fsp3) is 0.357. The van der Waals surface area contributed by atoms with Crippen molar-refractivity contribution in [2.24, 2.45) is 13.0 Å². The number of nitrogens with zero attached hydrogens (tertiary/aromatic N) is 3. The number of benzene rings is 1. The average molecular weight is 275 g/mol. The second kappa shape index (κ2) is 5.03. The number of aryl methyl sites for hydroxylation is 1. The van der Waals surface area contributed by atoms with Crippen LogP contribution in [0.15, 0.2) is 30.5 Å². The van der Waals surface area contributed by atoms with Crippen LogP contribution in [0.25, 0.3) is 0 Å². The molecule has 0 saturated heterocycles. The maximum Gasteiger partial charge on any atom is 0.309 e. The van der Waals surface area contributed by atoms with Gasteiger partial charge in [-0.05, 0) is 30.0 Å². The van der Waals surface area contributed by atoms with Gasteiger partial charge in [-0.25, -0.2) is 4.39 Å². The second-order valence-corrected chi connectivity index (χ2v) is 4.99. The molecule has 0 N–H and O–H groups in total. The number of carbonyl (C=O) groups excluding carboxylic acids is 1. The lowest BCUT2D eigenvalue weighted by atomic mass is 10.1. The van der Waals surface area contributed by atoms with Gasteiger partial charge in [-0.1, -0.05) is 17.3 Å². The minimum absolute atomic E-state index is 0.128. The lowest BCUT2D eigenvalue weighted by molar-refractivity contribution is -0.146. The smallest absolute Gasteiger partial charge is 0.309 e. The summed E-state index contributed by atoms with van der Waals surface area (Å²) < 4.78 is 19.6. The minimum atomic E-state index is -0.267. The Hall–Kier alpha value is -2.24. The van der Waals surface area contributed by atoms with Crippen molar-refractivity contribution < 1.29 is 13.9 Å². The number of esters is 1. The van der Waals surface area contributed by atoms with Gasteiger partial charge in [-0.2, -0.15) is 0 Å². The van der Waals surface area contributed by atoms with Gasteiger partial charge in [-0.15, -0.1) is 5.10 Å². The highest BCUT2D eigenvalue weighted by Gasteiger charge is 2.45. The van der Waals surface area contributed by atoms with Crippen LogP contribution >= 0.6 is 0 Å². The van der Waals surface area contributed by atoms with Crippen molar-refractivity contribution in [2.75, 3.05) is 0 Å². The van der Waals surface area contributed by atoms with Crippen LogP contribution in [0.5, 0.6) is 0 Å². The fourth-order valence-corrected chi connectivity index (χ4v) is 2.25. The zero-order chi connectivity index (χ0) is 14.1. The van der Waals surface area contributed by atoms with Gasteiger partial charge in [0.05, 0.1) is 12.1 Å². The maximum absolute atomic E-state index is 12.8. The molecule has 1 aliphatic rings. The molecule has 2 aromatic rings. The van der Waals surface area contributed by atoms with Gasteiger partial charge in [-0.3, -0.25) is 9.48 Å². The molecule has 0 radical (unpaired) electrons. The van der Waals surface area contributed by atoms with E-state index in [0.717, 1.165) is 12.0 Å². The Kier molecular flexibility index (Phi) is 3.22. The molecule has 0 spiro atoms. The molecule has 3 rings (SSSR count). The van der Waals surface area contributed by atoms with E-state index in [2.05, 4.69) is 10.3 Å². The first-order valence-corrected chi connectivity index (χ1v) is 6.41. The van der Waals surface area contributed by atoms with Crippen molar-refractivity contribution in [2.45, 2.75) is 18.9 Å². The number of hydrogen-bond acceptors (Lipinski definition) is 4. The average Bonchev–Trinajstić information content (AvgIpc) is 3.13. The predicted octanol–water partition coefficient (Wildman–Crippen LogP) is 1.80. The van der Waals surface area contributed by atoms with E-state index in [1.807, 2.05) is 0 Å². The van der Waals surface area contributed by atoms with Crippen molar-refractivity contribution in [3.05, 3.63) is 47.5 Å². The Morgan fingerprint density at radius 1 is 1.45 bits per heavy atom. The number of aromatic nitrogens is 3. The summed E-state index contributed by atoms with van der Waals surface area (Å²) in [6.45, 7) is 0.138. The lowest BCUT2D eigenvalue weighted by Gasteiger charge is -2.02. The minimum Gasteiger partial charge on any atom is -0.459 e. The van der Waals surface area contributed by atoms with Gasteiger partial charge >= 0.3 is 5.97 Å². The van der Waals surface area contributed by atoms with Gasteiger partial charge in [0.15, 0.2) is 0 Å². The summed E-state index contributed by atoms with van der Waals surface area (Å²) in [5.74, 6) is -0.483. The molecule has 2 atom stereocenters. The molecule has 1 aliphatic carbocycles. The summed E-state index contributed by atoms with van der Waals surface area (Å²) in [6.07, 6.45) is 2.46. The number of carbonyl (C=O) groups is 1. The molecule has 1 heterocycles. The van der Waals surface area contributed by atoms with Crippen LogP contribution in [-0.4, -0.2) is 21.0 Å². The molecule has 5 nitrogen and oxygen atoms in total. The summed E-state index contributed by atoms with van der Waals surface area (Å²) in [5, 5.41) is 7.61. The third kappa shape index (κ3) is 2.68. The molecule has 104 valence electrons. The molecular formula is C14H14FN3O2. The molecule has 6 heteroatoms. The lowest BCUT2D eigenvalue weighted by Crippen LogP contribution is -2.08. The third-order valence-corrected chi connectivity index (χ3v) is 3.40. The molecule has 1 fully saturated rings. The van der Waals surface area contributed by atoms with E-state index in [1.165, 1.54) is 12.1 Å². The van der Waals surface area contributed by atoms with Gasteiger partial charge < -0.3 is 4.74 Å². The summed E-state index contributed by atoms with van der Waals surface area (Å²) in [7, 11) is 1.75. The van der Waals surface area contributed by atoms with Crippen molar-refractivity contribution >= 4 is 5.97 Å². The Balaban J connectivity index is 1.53. The first kappa shape index (κ1) is 12.8. The van der Waals surface area contributed by atoms with Gasteiger partial charge in [0.1, 0.15) is 18.1 Å². The van der Waals surface area contributed by atoms with E-state index in [-0.39, 0.29) is 30.2 Å². The van der Waals surface area contributed by atoms with E-state index in [1.54, 1.807) is 30.1 Å². The Bertz CT molecular complexity index is 624. The van der Waals surface area contributed by atoms with Crippen LogP contribution in [0.3, 0.4) is 0 Å². The number of halogens is 1. The van der Waals surface area contributed by atoms with Crippen molar-refractivity contribution in [3.8, 4) is 0 Å². The normalized spacial score (nSPS) is 20.7. The predicted molar refractivity (Wildman–Crippen MR) is 68.0 cm³/mol. The number of rotatable bonds is 4. The maximum atomic E-state index is 12.8. The highest BCUT2D eigenvalue weighted by Crippen LogP contribution is 2.48. The fourth-order valence-electron chi connectivity index (χ4n) is 2.25. The monoisotopic (exact) mass is 275 g/mol. The molecular weight excluding hydrogens is 261 g/mol. The van der Waals surface area contributed by atoms with E-state index >= 15 is 0 Å². The summed E-state index contributed by atoms with van der Waals surface area (Å²) in [5.41, 5.74) is 1.60. The van der Waals surface area contributed by atoms with Gasteiger partial charge in [0.2, 0.25) is 0 Å². The largest absolute Gasteiger partial charge is 0.459 e. The number of ether oxygens (including phenoxy) is 1. The van der Waals surface area contributed by atoms with Gasteiger partial charge in [0, 0.05) is 7.05 Å². The van der Waals surface area contributed by atoms with Crippen LogP contribution in [-0.2, 0) is 23.2 Å². The van der Waals surface area contributed by atoms with Crippen LogP contribution in [0.2, 0.25) is 0 Å². The first-order valence-electron chi connectivity index (χ1n) is 6.41. The molecule has 20 heavy (non-hydrogen) atoms. The SMILES string of the molecule is Cn1cc(COC(=O)[C@@H]2C[C@H]2c2ccc(F)cc2)nn1.